The molecule has 1 aliphatic rings. The summed E-state index contributed by atoms with van der Waals surface area (Å²) in [5.41, 5.74) is 0.373. The molecule has 0 spiro atoms. The van der Waals surface area contributed by atoms with Gasteiger partial charge in [-0.15, -0.1) is 0 Å². The van der Waals surface area contributed by atoms with Crippen LogP contribution >= 0.6 is 11.6 Å². The molecule has 180 valence electrons. The second-order valence-corrected chi connectivity index (χ2v) is 9.95. The number of nitrogens with one attached hydrogen (secondary N) is 2. The van der Waals surface area contributed by atoms with Crippen molar-refractivity contribution >= 4 is 49.7 Å². The number of fused-ring (bicyclic) bond motifs is 1. The van der Waals surface area contributed by atoms with Crippen molar-refractivity contribution in [1.82, 2.24) is 4.31 Å². The first-order chi connectivity index (χ1) is 16.8. The maximum Gasteiger partial charge on any atom is 0.267 e. The number of nitrogens with zero attached hydrogens (tertiary/aromatic N) is 2. The number of amides is 1. The fourth-order valence-electron chi connectivity index (χ4n) is 3.60. The Morgan fingerprint density at radius 3 is 2.54 bits per heavy atom. The number of sulfonamides is 1. The van der Waals surface area contributed by atoms with Crippen molar-refractivity contribution in [3.63, 3.8) is 0 Å². The van der Waals surface area contributed by atoms with Crippen LogP contribution in [0.2, 0.25) is 5.02 Å². The van der Waals surface area contributed by atoms with Crippen LogP contribution in [0, 0.1) is 11.3 Å². The molecule has 1 aliphatic heterocycles. The van der Waals surface area contributed by atoms with Gasteiger partial charge in [-0.25, -0.2) is 8.42 Å². The highest BCUT2D eigenvalue weighted by Crippen LogP contribution is 2.30. The Morgan fingerprint density at radius 2 is 1.80 bits per heavy atom. The van der Waals surface area contributed by atoms with E-state index >= 15 is 0 Å². The van der Waals surface area contributed by atoms with Gasteiger partial charge in [-0.1, -0.05) is 35.9 Å². The monoisotopic (exact) mass is 512 g/mol. The standard InChI is InChI=1S/C24H21ClN4O5S/c25-20-8-7-17(35(32,33)29-9-11-34-12-10-29)13-22(20)27-15-16(14-26)24(31)28-21-5-1-4-19-18(21)3-2-6-23(19)30/h1-8,13,15,27,30H,9-12H2,(H,28,31)/b16-15-. The number of halogens is 1. The van der Waals surface area contributed by atoms with E-state index in [1.807, 2.05) is 6.07 Å². The average molecular weight is 513 g/mol. The number of benzene rings is 3. The van der Waals surface area contributed by atoms with Crippen LogP contribution < -0.4 is 10.6 Å². The summed E-state index contributed by atoms with van der Waals surface area (Å²) < 4.78 is 32.4. The van der Waals surface area contributed by atoms with Crippen LogP contribution in [0.3, 0.4) is 0 Å². The minimum absolute atomic E-state index is 0.0261. The highest BCUT2D eigenvalue weighted by molar-refractivity contribution is 7.89. The lowest BCUT2D eigenvalue weighted by Crippen LogP contribution is -2.40. The fourth-order valence-corrected chi connectivity index (χ4v) is 5.21. The molecule has 1 heterocycles. The van der Waals surface area contributed by atoms with Gasteiger partial charge in [0.15, 0.2) is 0 Å². The number of anilines is 2. The summed E-state index contributed by atoms with van der Waals surface area (Å²) in [5, 5.41) is 26.4. The van der Waals surface area contributed by atoms with E-state index in [2.05, 4.69) is 10.6 Å². The van der Waals surface area contributed by atoms with Gasteiger partial charge >= 0.3 is 0 Å². The molecule has 4 rings (SSSR count). The number of phenolic OH excluding ortho intramolecular Hbond substituents is 1. The van der Waals surface area contributed by atoms with E-state index in [0.29, 0.717) is 29.7 Å². The van der Waals surface area contributed by atoms with Gasteiger partial charge in [-0.2, -0.15) is 9.57 Å². The lowest BCUT2D eigenvalue weighted by molar-refractivity contribution is -0.112. The summed E-state index contributed by atoms with van der Waals surface area (Å²) >= 11 is 6.22. The Kier molecular flexibility index (Phi) is 7.23. The first-order valence-electron chi connectivity index (χ1n) is 10.6. The number of hydrogen-bond acceptors (Lipinski definition) is 7. The SMILES string of the molecule is N#C/C(=C/Nc1cc(S(=O)(=O)N2CCOCC2)ccc1Cl)C(=O)Nc1cccc2c(O)cccc12. The van der Waals surface area contributed by atoms with Crippen LogP contribution in [0.15, 0.2) is 71.3 Å². The minimum Gasteiger partial charge on any atom is -0.507 e. The van der Waals surface area contributed by atoms with E-state index in [1.54, 1.807) is 30.3 Å². The molecular weight excluding hydrogens is 492 g/mol. The number of hydrogen-bond donors (Lipinski definition) is 3. The van der Waals surface area contributed by atoms with Gasteiger partial charge in [0.25, 0.3) is 5.91 Å². The first-order valence-corrected chi connectivity index (χ1v) is 12.4. The number of nitriles is 1. The second kappa shape index (κ2) is 10.3. The van der Waals surface area contributed by atoms with Gasteiger partial charge in [0.2, 0.25) is 10.0 Å². The maximum absolute atomic E-state index is 12.9. The van der Waals surface area contributed by atoms with Crippen LogP contribution in [-0.2, 0) is 19.6 Å². The molecule has 1 amide bonds. The number of carbonyl (C=O) groups is 1. The number of aromatic hydroxyl groups is 1. The summed E-state index contributed by atoms with van der Waals surface area (Å²) in [7, 11) is -3.76. The normalized spacial score (nSPS) is 14.9. The van der Waals surface area contributed by atoms with Crippen molar-refractivity contribution in [2.75, 3.05) is 36.9 Å². The maximum atomic E-state index is 12.9. The molecular formula is C24H21ClN4O5S. The molecule has 1 fully saturated rings. The molecule has 0 atom stereocenters. The number of ether oxygens (including phenoxy) is 1. The Hall–Kier alpha value is -3.62. The Morgan fingerprint density at radius 1 is 1.09 bits per heavy atom. The van der Waals surface area contributed by atoms with Crippen molar-refractivity contribution in [2.45, 2.75) is 4.90 Å². The topological polar surface area (TPSA) is 132 Å². The van der Waals surface area contributed by atoms with E-state index in [9.17, 15) is 23.6 Å². The summed E-state index contributed by atoms with van der Waals surface area (Å²) in [4.78, 5) is 12.8. The Bertz CT molecular complexity index is 1460. The Labute approximate surface area is 207 Å². The molecule has 0 bridgehead atoms. The highest BCUT2D eigenvalue weighted by atomic mass is 35.5. The third kappa shape index (κ3) is 5.23. The van der Waals surface area contributed by atoms with Crippen LogP contribution in [0.4, 0.5) is 11.4 Å². The van der Waals surface area contributed by atoms with Gasteiger partial charge in [-0.05, 0) is 30.3 Å². The molecule has 0 aliphatic carbocycles. The number of carbonyl (C=O) groups excluding carboxylic acids is 1. The molecule has 11 heteroatoms. The molecule has 9 nitrogen and oxygen atoms in total. The van der Waals surface area contributed by atoms with Crippen molar-refractivity contribution < 1.29 is 23.1 Å². The van der Waals surface area contributed by atoms with Gasteiger partial charge < -0.3 is 20.5 Å². The summed E-state index contributed by atoms with van der Waals surface area (Å²) in [6.07, 6.45) is 1.16. The van der Waals surface area contributed by atoms with Crippen molar-refractivity contribution in [1.29, 1.82) is 5.26 Å². The largest absolute Gasteiger partial charge is 0.507 e. The lowest BCUT2D eigenvalue weighted by Gasteiger charge is -2.26. The van der Waals surface area contributed by atoms with E-state index in [1.165, 1.54) is 28.6 Å². The zero-order chi connectivity index (χ0) is 25.0. The zero-order valence-corrected chi connectivity index (χ0v) is 19.9. The van der Waals surface area contributed by atoms with Gasteiger partial charge in [0.05, 0.1) is 28.8 Å². The first kappa shape index (κ1) is 24.5. The van der Waals surface area contributed by atoms with Crippen LogP contribution in [0.1, 0.15) is 0 Å². The highest BCUT2D eigenvalue weighted by Gasteiger charge is 2.27. The molecule has 0 radical (unpaired) electrons. The summed E-state index contributed by atoms with van der Waals surface area (Å²) in [6.45, 7) is 1.13. The minimum atomic E-state index is -3.76. The molecule has 0 saturated carbocycles. The predicted octanol–water partition coefficient (Wildman–Crippen LogP) is 3.68. The third-order valence-corrected chi connectivity index (χ3v) is 7.65. The molecule has 1 saturated heterocycles. The van der Waals surface area contributed by atoms with E-state index in [-0.39, 0.29) is 40.0 Å². The van der Waals surface area contributed by atoms with Crippen molar-refractivity contribution in [3.05, 3.63) is 71.4 Å². The summed E-state index contributed by atoms with van der Waals surface area (Å²) in [5.74, 6) is -0.623. The third-order valence-electron chi connectivity index (χ3n) is 5.43. The van der Waals surface area contributed by atoms with E-state index in [0.717, 1.165) is 6.20 Å². The quantitative estimate of drug-likeness (QED) is 0.339. The average Bonchev–Trinajstić information content (AvgIpc) is 2.86. The Balaban J connectivity index is 1.56. The van der Waals surface area contributed by atoms with Crippen LogP contribution in [0.25, 0.3) is 10.8 Å². The van der Waals surface area contributed by atoms with Crippen molar-refractivity contribution in [3.8, 4) is 11.8 Å². The number of rotatable bonds is 6. The van der Waals surface area contributed by atoms with Crippen LogP contribution in [-0.4, -0.2) is 50.0 Å². The van der Waals surface area contributed by atoms with E-state index in [4.69, 9.17) is 16.3 Å². The lowest BCUT2D eigenvalue weighted by atomic mass is 10.1. The fraction of sp³-hybridized carbons (Fsp3) is 0.167. The molecule has 3 N–H and O–H groups in total. The van der Waals surface area contributed by atoms with Gasteiger partial charge in [0, 0.05) is 35.7 Å². The van der Waals surface area contributed by atoms with Crippen molar-refractivity contribution in [2.24, 2.45) is 0 Å². The smallest absolute Gasteiger partial charge is 0.267 e. The predicted molar refractivity (Wildman–Crippen MR) is 133 cm³/mol. The molecule has 3 aromatic rings. The van der Waals surface area contributed by atoms with Gasteiger partial charge in [-0.3, -0.25) is 4.79 Å². The van der Waals surface area contributed by atoms with Crippen LogP contribution in [0.5, 0.6) is 5.75 Å². The molecule has 35 heavy (non-hydrogen) atoms. The van der Waals surface area contributed by atoms with Gasteiger partial charge in [0.1, 0.15) is 17.4 Å². The van der Waals surface area contributed by atoms with E-state index < -0.39 is 15.9 Å². The zero-order valence-electron chi connectivity index (χ0n) is 18.4. The molecule has 0 unspecified atom stereocenters. The molecule has 0 aromatic heterocycles. The second-order valence-electron chi connectivity index (χ2n) is 7.60. The number of morpholine rings is 1. The number of phenols is 1. The molecule has 3 aromatic carbocycles. The summed E-state index contributed by atoms with van der Waals surface area (Å²) in [6, 6.07) is 16.0.